The maximum atomic E-state index is 9.00. The van der Waals surface area contributed by atoms with Crippen molar-refractivity contribution in [2.45, 2.75) is 26.0 Å². The normalized spacial score (nSPS) is 19.1. The molecule has 1 saturated heterocycles. The van der Waals surface area contributed by atoms with Crippen molar-refractivity contribution in [1.82, 2.24) is 9.55 Å². The lowest BCUT2D eigenvalue weighted by molar-refractivity contribution is -0.0945. The Morgan fingerprint density at radius 1 is 1.45 bits per heavy atom. The van der Waals surface area contributed by atoms with Gasteiger partial charge in [0.1, 0.15) is 11.9 Å². The number of nitrogens with zero attached hydrogens (tertiary/aromatic N) is 3. The fraction of sp³-hybridized carbons (Fsp3) is 0.467. The summed E-state index contributed by atoms with van der Waals surface area (Å²) in [6.07, 6.45) is 0.903. The van der Waals surface area contributed by atoms with Crippen LogP contribution in [-0.2, 0) is 16.0 Å². The zero-order valence-electron chi connectivity index (χ0n) is 11.5. The van der Waals surface area contributed by atoms with Gasteiger partial charge in [-0.25, -0.2) is 4.98 Å². The summed E-state index contributed by atoms with van der Waals surface area (Å²) in [5, 5.41) is 9.00. The van der Waals surface area contributed by atoms with Gasteiger partial charge in [-0.15, -0.1) is 0 Å². The Bertz CT molecular complexity index is 651. The Morgan fingerprint density at radius 2 is 2.35 bits per heavy atom. The van der Waals surface area contributed by atoms with Gasteiger partial charge in [-0.05, 0) is 24.6 Å². The highest BCUT2D eigenvalue weighted by atomic mass is 16.6. The van der Waals surface area contributed by atoms with Gasteiger partial charge in [0.05, 0.1) is 42.5 Å². The average molecular weight is 271 g/mol. The summed E-state index contributed by atoms with van der Waals surface area (Å²) in [5.41, 5.74) is 2.53. The van der Waals surface area contributed by atoms with Gasteiger partial charge in [0.15, 0.2) is 0 Å². The number of aryl methyl sites for hydroxylation is 1. The summed E-state index contributed by atoms with van der Waals surface area (Å²) in [6, 6.07) is 7.78. The standard InChI is InChI=1S/C15H17N3O2/c1-2-5-18-13-4-3-11(9-16)8-12(13)17-15(18)14-10-19-6-7-20-14/h3-4,8,14H,2,5-7,10H2,1H3. The molecule has 1 aliphatic rings. The highest BCUT2D eigenvalue weighted by Gasteiger charge is 2.23. The number of rotatable bonds is 3. The van der Waals surface area contributed by atoms with Crippen molar-refractivity contribution >= 4 is 11.0 Å². The van der Waals surface area contributed by atoms with Crippen LogP contribution in [0.25, 0.3) is 11.0 Å². The first kappa shape index (κ1) is 13.1. The first-order chi connectivity index (χ1) is 9.83. The third-order valence-corrected chi connectivity index (χ3v) is 3.46. The average Bonchev–Trinajstić information content (AvgIpc) is 2.86. The molecule has 0 radical (unpaired) electrons. The van der Waals surface area contributed by atoms with Crippen molar-refractivity contribution < 1.29 is 9.47 Å². The van der Waals surface area contributed by atoms with E-state index < -0.39 is 0 Å². The van der Waals surface area contributed by atoms with Gasteiger partial charge in [-0.3, -0.25) is 0 Å². The quantitative estimate of drug-likeness (QED) is 0.860. The molecule has 2 heterocycles. The maximum absolute atomic E-state index is 9.00. The minimum atomic E-state index is -0.117. The van der Waals surface area contributed by atoms with Crippen LogP contribution in [-0.4, -0.2) is 29.4 Å². The van der Waals surface area contributed by atoms with Crippen LogP contribution in [0.3, 0.4) is 0 Å². The molecule has 0 spiro atoms. The molecule has 0 bridgehead atoms. The topological polar surface area (TPSA) is 60.1 Å². The SMILES string of the molecule is CCCn1c(C2COCCO2)nc2cc(C#N)ccc21. The van der Waals surface area contributed by atoms with E-state index in [0.29, 0.717) is 25.4 Å². The molecule has 5 heteroatoms. The van der Waals surface area contributed by atoms with E-state index in [1.54, 1.807) is 0 Å². The number of hydrogen-bond donors (Lipinski definition) is 0. The summed E-state index contributed by atoms with van der Waals surface area (Å²) in [7, 11) is 0. The van der Waals surface area contributed by atoms with E-state index in [-0.39, 0.29) is 6.10 Å². The molecule has 1 aromatic heterocycles. The van der Waals surface area contributed by atoms with Crippen molar-refractivity contribution in [1.29, 1.82) is 5.26 Å². The molecule has 0 saturated carbocycles. The molecule has 1 unspecified atom stereocenters. The first-order valence-electron chi connectivity index (χ1n) is 6.93. The predicted molar refractivity (Wildman–Crippen MR) is 74.3 cm³/mol. The Labute approximate surface area is 117 Å². The number of aromatic nitrogens is 2. The fourth-order valence-electron chi connectivity index (χ4n) is 2.56. The fourth-order valence-corrected chi connectivity index (χ4v) is 2.56. The van der Waals surface area contributed by atoms with E-state index in [2.05, 4.69) is 22.5 Å². The summed E-state index contributed by atoms with van der Waals surface area (Å²) >= 11 is 0. The summed E-state index contributed by atoms with van der Waals surface area (Å²) in [6.45, 7) is 4.81. The molecule has 20 heavy (non-hydrogen) atoms. The van der Waals surface area contributed by atoms with Crippen molar-refractivity contribution in [3.05, 3.63) is 29.6 Å². The number of nitriles is 1. The van der Waals surface area contributed by atoms with E-state index in [9.17, 15) is 0 Å². The first-order valence-corrected chi connectivity index (χ1v) is 6.93. The molecule has 104 valence electrons. The Morgan fingerprint density at radius 3 is 3.05 bits per heavy atom. The molecular formula is C15H17N3O2. The number of ether oxygens (including phenoxy) is 2. The van der Waals surface area contributed by atoms with Crippen LogP contribution < -0.4 is 0 Å². The summed E-state index contributed by atoms with van der Waals surface area (Å²) in [4.78, 5) is 4.67. The van der Waals surface area contributed by atoms with Gasteiger partial charge in [-0.1, -0.05) is 6.92 Å². The Balaban J connectivity index is 2.09. The molecule has 1 aliphatic heterocycles. The van der Waals surface area contributed by atoms with Crippen LogP contribution in [0.5, 0.6) is 0 Å². The van der Waals surface area contributed by atoms with E-state index in [4.69, 9.17) is 14.7 Å². The molecule has 2 aromatic rings. The third kappa shape index (κ3) is 2.28. The Kier molecular flexibility index (Phi) is 3.68. The van der Waals surface area contributed by atoms with Gasteiger partial charge >= 0.3 is 0 Å². The lowest BCUT2D eigenvalue weighted by Crippen LogP contribution is -2.24. The molecule has 0 amide bonds. The van der Waals surface area contributed by atoms with Crippen molar-refractivity contribution in [2.24, 2.45) is 0 Å². The second-order valence-corrected chi connectivity index (χ2v) is 4.87. The zero-order valence-corrected chi connectivity index (χ0v) is 11.5. The van der Waals surface area contributed by atoms with Gasteiger partial charge < -0.3 is 14.0 Å². The number of fused-ring (bicyclic) bond motifs is 1. The maximum Gasteiger partial charge on any atom is 0.141 e. The largest absolute Gasteiger partial charge is 0.376 e. The van der Waals surface area contributed by atoms with Crippen molar-refractivity contribution in [2.75, 3.05) is 19.8 Å². The Hall–Kier alpha value is -1.90. The van der Waals surface area contributed by atoms with E-state index >= 15 is 0 Å². The lowest BCUT2D eigenvalue weighted by atomic mass is 10.2. The summed E-state index contributed by atoms with van der Waals surface area (Å²) < 4.78 is 13.4. The van der Waals surface area contributed by atoms with Gasteiger partial charge in [0.25, 0.3) is 0 Å². The van der Waals surface area contributed by atoms with E-state index in [1.165, 1.54) is 0 Å². The van der Waals surface area contributed by atoms with Crippen LogP contribution >= 0.6 is 0 Å². The number of imidazole rings is 1. The van der Waals surface area contributed by atoms with Crippen LogP contribution in [0.15, 0.2) is 18.2 Å². The molecule has 1 aromatic carbocycles. The van der Waals surface area contributed by atoms with E-state index in [1.807, 2.05) is 18.2 Å². The molecular weight excluding hydrogens is 254 g/mol. The molecule has 1 fully saturated rings. The highest BCUT2D eigenvalue weighted by molar-refractivity contribution is 5.77. The van der Waals surface area contributed by atoms with Gasteiger partial charge in [-0.2, -0.15) is 5.26 Å². The van der Waals surface area contributed by atoms with Crippen LogP contribution in [0.4, 0.5) is 0 Å². The molecule has 3 rings (SSSR count). The molecule has 0 N–H and O–H groups in total. The number of hydrogen-bond acceptors (Lipinski definition) is 4. The molecule has 0 aliphatic carbocycles. The van der Waals surface area contributed by atoms with Crippen LogP contribution in [0.1, 0.15) is 30.8 Å². The zero-order chi connectivity index (χ0) is 13.9. The molecule has 1 atom stereocenters. The highest BCUT2D eigenvalue weighted by Crippen LogP contribution is 2.26. The van der Waals surface area contributed by atoms with Crippen LogP contribution in [0, 0.1) is 11.3 Å². The lowest BCUT2D eigenvalue weighted by Gasteiger charge is -2.23. The van der Waals surface area contributed by atoms with Gasteiger partial charge in [0.2, 0.25) is 0 Å². The van der Waals surface area contributed by atoms with Crippen molar-refractivity contribution in [3.63, 3.8) is 0 Å². The minimum Gasteiger partial charge on any atom is -0.376 e. The third-order valence-electron chi connectivity index (χ3n) is 3.46. The monoisotopic (exact) mass is 271 g/mol. The second kappa shape index (κ2) is 5.61. The number of benzene rings is 1. The minimum absolute atomic E-state index is 0.117. The molecule has 5 nitrogen and oxygen atoms in total. The second-order valence-electron chi connectivity index (χ2n) is 4.87. The van der Waals surface area contributed by atoms with Gasteiger partial charge in [0, 0.05) is 6.54 Å². The van der Waals surface area contributed by atoms with E-state index in [0.717, 1.165) is 29.8 Å². The summed E-state index contributed by atoms with van der Waals surface area (Å²) in [5.74, 6) is 0.900. The van der Waals surface area contributed by atoms with Crippen molar-refractivity contribution in [3.8, 4) is 6.07 Å². The predicted octanol–water partition coefficient (Wildman–Crippen LogP) is 2.41. The smallest absolute Gasteiger partial charge is 0.141 e. The van der Waals surface area contributed by atoms with Crippen LogP contribution in [0.2, 0.25) is 0 Å².